The molecule has 2 aromatic rings. The molecule has 0 fully saturated rings. The summed E-state index contributed by atoms with van der Waals surface area (Å²) in [4.78, 5) is 11.1. The van der Waals surface area contributed by atoms with Crippen molar-refractivity contribution in [2.75, 3.05) is 7.11 Å². The Labute approximate surface area is 151 Å². The minimum atomic E-state index is -1.16. The van der Waals surface area contributed by atoms with Gasteiger partial charge < -0.3 is 10.2 Å². The SMILES string of the molecule is CO.O=C(O)c1cc(-c2cc(Cl)c(Cl)cc2Cl)c(Cl)cc1Cl. The fourth-order valence-electron chi connectivity index (χ4n) is 1.65. The molecular weight excluding hydrogens is 393 g/mol. The molecule has 0 aliphatic carbocycles. The van der Waals surface area contributed by atoms with E-state index >= 15 is 0 Å². The molecule has 3 nitrogen and oxygen atoms in total. The summed E-state index contributed by atoms with van der Waals surface area (Å²) in [6, 6.07) is 5.68. The number of carboxylic acid groups (broad SMARTS) is 1. The highest BCUT2D eigenvalue weighted by atomic mass is 35.5. The average Bonchev–Trinajstić information content (AvgIpc) is 2.45. The molecule has 0 amide bonds. The fourth-order valence-corrected chi connectivity index (χ4v) is 2.86. The van der Waals surface area contributed by atoms with Crippen LogP contribution in [0.3, 0.4) is 0 Å². The summed E-state index contributed by atoms with van der Waals surface area (Å²) < 4.78 is 0. The number of carboxylic acids is 1. The molecule has 2 N–H and O–H groups in total. The molecule has 0 atom stereocenters. The van der Waals surface area contributed by atoms with Crippen LogP contribution in [0, 0.1) is 0 Å². The number of aliphatic hydroxyl groups excluding tert-OH is 1. The monoisotopic (exact) mass is 400 g/mol. The van der Waals surface area contributed by atoms with Crippen LogP contribution in [0.2, 0.25) is 25.1 Å². The predicted molar refractivity (Wildman–Crippen MR) is 92.0 cm³/mol. The van der Waals surface area contributed by atoms with Crippen LogP contribution >= 0.6 is 58.0 Å². The zero-order chi connectivity index (χ0) is 17.0. The molecule has 2 aromatic carbocycles. The predicted octanol–water partition coefficient (Wildman–Crippen LogP) is 5.93. The molecule has 22 heavy (non-hydrogen) atoms. The largest absolute Gasteiger partial charge is 0.478 e. The van der Waals surface area contributed by atoms with Crippen LogP contribution < -0.4 is 0 Å². The Morgan fingerprint density at radius 1 is 0.727 bits per heavy atom. The van der Waals surface area contributed by atoms with Gasteiger partial charge in [-0.2, -0.15) is 0 Å². The summed E-state index contributed by atoms with van der Waals surface area (Å²) in [6.07, 6.45) is 0. The molecule has 0 radical (unpaired) electrons. The van der Waals surface area contributed by atoms with Gasteiger partial charge in [-0.05, 0) is 24.3 Å². The topological polar surface area (TPSA) is 57.5 Å². The second-order valence-electron chi connectivity index (χ2n) is 3.86. The van der Waals surface area contributed by atoms with E-state index in [9.17, 15) is 4.79 Å². The van der Waals surface area contributed by atoms with E-state index in [4.69, 9.17) is 68.2 Å². The van der Waals surface area contributed by atoms with Gasteiger partial charge in [-0.3, -0.25) is 0 Å². The Bertz CT molecular complexity index is 716. The Morgan fingerprint density at radius 2 is 1.14 bits per heavy atom. The van der Waals surface area contributed by atoms with E-state index in [0.717, 1.165) is 7.11 Å². The van der Waals surface area contributed by atoms with Crippen LogP contribution in [0.1, 0.15) is 10.4 Å². The van der Waals surface area contributed by atoms with Crippen molar-refractivity contribution < 1.29 is 15.0 Å². The zero-order valence-corrected chi connectivity index (χ0v) is 14.8. The second kappa shape index (κ2) is 8.25. The molecule has 2 rings (SSSR count). The van der Waals surface area contributed by atoms with Gasteiger partial charge in [0, 0.05) is 23.3 Å². The van der Waals surface area contributed by atoms with Crippen LogP contribution in [0.5, 0.6) is 0 Å². The van der Waals surface area contributed by atoms with E-state index in [-0.39, 0.29) is 20.6 Å². The van der Waals surface area contributed by atoms with Crippen LogP contribution in [0.25, 0.3) is 11.1 Å². The van der Waals surface area contributed by atoms with E-state index < -0.39 is 5.97 Å². The van der Waals surface area contributed by atoms with E-state index in [0.29, 0.717) is 21.2 Å². The summed E-state index contributed by atoms with van der Waals surface area (Å²) >= 11 is 29.8. The van der Waals surface area contributed by atoms with Crippen LogP contribution in [0.4, 0.5) is 0 Å². The highest BCUT2D eigenvalue weighted by Crippen LogP contribution is 2.40. The first-order chi connectivity index (χ1) is 10.3. The minimum absolute atomic E-state index is 0.0439. The smallest absolute Gasteiger partial charge is 0.337 e. The summed E-state index contributed by atoms with van der Waals surface area (Å²) in [7, 11) is 1.00. The van der Waals surface area contributed by atoms with Gasteiger partial charge in [0.05, 0.1) is 25.7 Å². The van der Waals surface area contributed by atoms with Crippen LogP contribution in [0.15, 0.2) is 24.3 Å². The Kier molecular flexibility index (Phi) is 7.26. The third-order valence-electron chi connectivity index (χ3n) is 2.59. The van der Waals surface area contributed by atoms with Crippen molar-refractivity contribution in [2.24, 2.45) is 0 Å². The van der Waals surface area contributed by atoms with E-state index in [1.807, 2.05) is 0 Å². The Morgan fingerprint density at radius 3 is 1.64 bits per heavy atom. The number of aromatic carboxylic acids is 1. The molecule has 0 saturated heterocycles. The number of aliphatic hydroxyl groups is 1. The lowest BCUT2D eigenvalue weighted by Crippen LogP contribution is -1.98. The standard InChI is InChI=1S/C13H5Cl5O2.CH4O/c14-8-3-10(16)7(13(19)20)1-5(8)6-2-11(17)12(18)4-9(6)15;1-2/h1-4H,(H,19,20);2H,1H3. The maximum atomic E-state index is 11.1. The van der Waals surface area contributed by atoms with Gasteiger partial charge in [-0.25, -0.2) is 4.79 Å². The Hall–Kier alpha value is -0.680. The molecule has 0 spiro atoms. The van der Waals surface area contributed by atoms with Gasteiger partial charge in [-0.1, -0.05) is 58.0 Å². The van der Waals surface area contributed by atoms with Crippen molar-refractivity contribution >= 4 is 64.0 Å². The number of rotatable bonds is 2. The second-order valence-corrected chi connectivity index (χ2v) is 5.90. The van der Waals surface area contributed by atoms with E-state index in [2.05, 4.69) is 0 Å². The van der Waals surface area contributed by atoms with Crippen molar-refractivity contribution in [3.05, 3.63) is 54.9 Å². The Balaban J connectivity index is 0.00000116. The maximum absolute atomic E-state index is 11.1. The molecular formula is C14H9Cl5O3. The molecule has 0 aliphatic rings. The van der Waals surface area contributed by atoms with Gasteiger partial charge >= 0.3 is 5.97 Å². The van der Waals surface area contributed by atoms with Crippen molar-refractivity contribution in [1.29, 1.82) is 0 Å². The lowest BCUT2D eigenvalue weighted by Gasteiger charge is -2.11. The zero-order valence-electron chi connectivity index (χ0n) is 11.0. The molecule has 0 unspecified atom stereocenters. The molecule has 0 bridgehead atoms. The molecule has 118 valence electrons. The van der Waals surface area contributed by atoms with Gasteiger partial charge in [0.2, 0.25) is 0 Å². The first kappa shape index (κ1) is 19.4. The number of halogens is 5. The summed E-state index contributed by atoms with van der Waals surface area (Å²) in [6.45, 7) is 0. The molecule has 0 aliphatic heterocycles. The first-order valence-electron chi connectivity index (χ1n) is 5.63. The molecule has 0 heterocycles. The minimum Gasteiger partial charge on any atom is -0.478 e. The lowest BCUT2D eigenvalue weighted by molar-refractivity contribution is 0.0697. The highest BCUT2D eigenvalue weighted by Gasteiger charge is 2.17. The van der Waals surface area contributed by atoms with Gasteiger partial charge in [0.1, 0.15) is 0 Å². The quantitative estimate of drug-likeness (QED) is 0.613. The third-order valence-corrected chi connectivity index (χ3v) is 4.25. The number of carbonyl (C=O) groups is 1. The fraction of sp³-hybridized carbons (Fsp3) is 0.0714. The van der Waals surface area contributed by atoms with E-state index in [1.165, 1.54) is 24.3 Å². The van der Waals surface area contributed by atoms with Crippen molar-refractivity contribution in [1.82, 2.24) is 0 Å². The molecule has 0 saturated carbocycles. The van der Waals surface area contributed by atoms with Crippen LogP contribution in [-0.4, -0.2) is 23.3 Å². The van der Waals surface area contributed by atoms with Crippen LogP contribution in [-0.2, 0) is 0 Å². The van der Waals surface area contributed by atoms with Crippen molar-refractivity contribution in [3.8, 4) is 11.1 Å². The van der Waals surface area contributed by atoms with Gasteiger partial charge in [0.25, 0.3) is 0 Å². The molecule has 8 heteroatoms. The van der Waals surface area contributed by atoms with E-state index in [1.54, 1.807) is 0 Å². The number of benzene rings is 2. The van der Waals surface area contributed by atoms with Gasteiger partial charge in [0.15, 0.2) is 0 Å². The highest BCUT2D eigenvalue weighted by molar-refractivity contribution is 6.44. The van der Waals surface area contributed by atoms with Gasteiger partial charge in [-0.15, -0.1) is 0 Å². The summed E-state index contributed by atoms with van der Waals surface area (Å²) in [5.41, 5.74) is 0.815. The normalized spacial score (nSPS) is 9.95. The summed E-state index contributed by atoms with van der Waals surface area (Å²) in [5.74, 6) is -1.16. The average molecular weight is 402 g/mol. The number of hydrogen-bond acceptors (Lipinski definition) is 2. The van der Waals surface area contributed by atoms with Crippen molar-refractivity contribution in [2.45, 2.75) is 0 Å². The van der Waals surface area contributed by atoms with Crippen molar-refractivity contribution in [3.63, 3.8) is 0 Å². The third kappa shape index (κ3) is 4.19. The first-order valence-corrected chi connectivity index (χ1v) is 7.52. The number of hydrogen-bond donors (Lipinski definition) is 2. The summed E-state index contributed by atoms with van der Waals surface area (Å²) in [5, 5.41) is 17.3. The maximum Gasteiger partial charge on any atom is 0.337 e. The molecule has 0 aromatic heterocycles. The lowest BCUT2D eigenvalue weighted by atomic mass is 10.0.